The minimum atomic E-state index is -2.03. The molecule has 5 rings (SSSR count). The molecule has 0 radical (unpaired) electrons. The van der Waals surface area contributed by atoms with E-state index in [4.69, 9.17) is 30.5 Å². The van der Waals surface area contributed by atoms with E-state index in [0.29, 0.717) is 0 Å². The van der Waals surface area contributed by atoms with Crippen LogP contribution in [0.1, 0.15) is 89.1 Å². The Morgan fingerprint density at radius 1 is 1.12 bits per heavy atom. The molecule has 1 fully saturated rings. The number of ketones is 3. The normalized spacial score (nSPS) is 28.4. The molecular formula is C30H31ClO11. The topological polar surface area (TPSA) is 166 Å². The Labute approximate surface area is 246 Å². The number of hydrogen-bond donors (Lipinski definition) is 3. The lowest BCUT2D eigenvalue weighted by Gasteiger charge is -2.42. The van der Waals surface area contributed by atoms with Crippen molar-refractivity contribution in [2.24, 2.45) is 0 Å². The third kappa shape index (κ3) is 4.74. The lowest BCUT2D eigenvalue weighted by molar-refractivity contribution is -0.246. The lowest BCUT2D eigenvalue weighted by atomic mass is 9.72. The number of Topliss-reactive ketones (excluding diaryl/α,β-unsaturated/α-hetero) is 1. The van der Waals surface area contributed by atoms with Gasteiger partial charge in [-0.2, -0.15) is 0 Å². The van der Waals surface area contributed by atoms with E-state index < -0.39 is 87.9 Å². The van der Waals surface area contributed by atoms with E-state index in [1.54, 1.807) is 13.8 Å². The fourth-order valence-electron chi connectivity index (χ4n) is 5.96. The second kappa shape index (κ2) is 11.0. The van der Waals surface area contributed by atoms with E-state index in [1.165, 1.54) is 32.2 Å². The maximum absolute atomic E-state index is 13.7. The number of ether oxygens (including phenoxy) is 4. The largest absolute Gasteiger partial charge is 0.507 e. The Balaban J connectivity index is 1.59. The summed E-state index contributed by atoms with van der Waals surface area (Å²) < 4.78 is 22.8. The molecule has 1 aliphatic heterocycles. The third-order valence-electron chi connectivity index (χ3n) is 8.21. The molecule has 11 nitrogen and oxygen atoms in total. The molecule has 1 saturated heterocycles. The fourth-order valence-corrected chi connectivity index (χ4v) is 6.36. The number of rotatable bonds is 6. The van der Waals surface area contributed by atoms with Crippen molar-refractivity contribution in [3.8, 4) is 17.2 Å². The van der Waals surface area contributed by atoms with Crippen LogP contribution in [0.3, 0.4) is 0 Å². The number of carbonyl (C=O) groups is 4. The summed E-state index contributed by atoms with van der Waals surface area (Å²) in [5.41, 5.74) is -3.15. The maximum Gasteiger partial charge on any atom is 0.305 e. The van der Waals surface area contributed by atoms with Crippen molar-refractivity contribution >= 4 is 34.9 Å². The second-order valence-electron chi connectivity index (χ2n) is 10.8. The standard InChI is InChI=1S/C30H31ClO11/c1-5-19(33)42-29-12(2)40-20(9-16(29)31)41-18-11-30(38,13(3)32)10-15-22(18)28(37)24-23(26(15)35)25(34)14-7-6-8-17(39-4)21(14)27(24)36/h6-8,12,16,18,20,29,35,37-38H,5,9-11H2,1-4H3/t12-,16-,18-,20?,29-,30-/m0/s1. The van der Waals surface area contributed by atoms with E-state index in [-0.39, 0.29) is 47.3 Å². The van der Waals surface area contributed by atoms with E-state index in [2.05, 4.69) is 0 Å². The zero-order valence-corrected chi connectivity index (χ0v) is 24.2. The highest BCUT2D eigenvalue weighted by atomic mass is 35.5. The van der Waals surface area contributed by atoms with Crippen molar-refractivity contribution in [1.82, 2.24) is 0 Å². The second-order valence-corrected chi connectivity index (χ2v) is 11.4. The first-order valence-electron chi connectivity index (χ1n) is 13.6. The Morgan fingerprint density at radius 3 is 2.43 bits per heavy atom. The number of aromatic hydroxyl groups is 2. The molecule has 224 valence electrons. The predicted molar refractivity (Wildman–Crippen MR) is 146 cm³/mol. The average molecular weight is 603 g/mol. The van der Waals surface area contributed by atoms with Gasteiger partial charge in [0.1, 0.15) is 29.0 Å². The highest BCUT2D eigenvalue weighted by Gasteiger charge is 2.49. The van der Waals surface area contributed by atoms with Gasteiger partial charge in [0, 0.05) is 42.4 Å². The van der Waals surface area contributed by atoms with Crippen LogP contribution >= 0.6 is 11.6 Å². The Hall–Kier alpha value is -3.51. The van der Waals surface area contributed by atoms with Crippen molar-refractivity contribution < 1.29 is 53.4 Å². The molecule has 1 unspecified atom stereocenters. The highest BCUT2D eigenvalue weighted by molar-refractivity contribution is 6.31. The van der Waals surface area contributed by atoms with Crippen molar-refractivity contribution in [3.63, 3.8) is 0 Å². The number of aliphatic hydroxyl groups is 1. The molecular weight excluding hydrogens is 572 g/mol. The van der Waals surface area contributed by atoms with Gasteiger partial charge in [-0.05, 0) is 19.9 Å². The number of alkyl halides is 1. The minimum Gasteiger partial charge on any atom is -0.507 e. The number of fused-ring (bicyclic) bond motifs is 3. The van der Waals surface area contributed by atoms with Crippen LogP contribution in [0.5, 0.6) is 17.2 Å². The van der Waals surface area contributed by atoms with Crippen LogP contribution in [0.15, 0.2) is 18.2 Å². The van der Waals surface area contributed by atoms with Gasteiger partial charge in [-0.1, -0.05) is 19.1 Å². The van der Waals surface area contributed by atoms with Gasteiger partial charge in [-0.3, -0.25) is 19.2 Å². The van der Waals surface area contributed by atoms with Crippen LogP contribution in [0.2, 0.25) is 0 Å². The molecule has 2 aliphatic carbocycles. The molecule has 12 heteroatoms. The van der Waals surface area contributed by atoms with E-state index >= 15 is 0 Å². The molecule has 6 atom stereocenters. The average Bonchev–Trinajstić information content (AvgIpc) is 2.94. The van der Waals surface area contributed by atoms with Crippen LogP contribution in [-0.2, 0) is 30.2 Å². The first-order valence-corrected chi connectivity index (χ1v) is 14.0. The van der Waals surface area contributed by atoms with Gasteiger partial charge in [0.2, 0.25) is 5.78 Å². The number of benzene rings is 2. The summed E-state index contributed by atoms with van der Waals surface area (Å²) in [7, 11) is 1.34. The predicted octanol–water partition coefficient (Wildman–Crippen LogP) is 3.27. The minimum absolute atomic E-state index is 0.0250. The summed E-state index contributed by atoms with van der Waals surface area (Å²) >= 11 is 6.54. The number of phenolic OH excluding ortho intramolecular Hbond substituents is 2. The summed E-state index contributed by atoms with van der Waals surface area (Å²) in [5, 5.41) is 33.6. The third-order valence-corrected chi connectivity index (χ3v) is 8.63. The fraction of sp³-hybridized carbons (Fsp3) is 0.467. The van der Waals surface area contributed by atoms with Gasteiger partial charge < -0.3 is 34.3 Å². The van der Waals surface area contributed by atoms with Crippen molar-refractivity contribution in [1.29, 1.82) is 0 Å². The maximum atomic E-state index is 13.7. The SMILES string of the molecule is CCC(=O)O[C@H]1[C@H](C)OC(O[C@H]2C[C@](O)(C(C)=O)Cc3c(O)c4c(c(O)c32)C(=O)c2c(OC)cccc2C4=O)C[C@@H]1Cl. The molecule has 0 spiro atoms. The number of hydrogen-bond acceptors (Lipinski definition) is 11. The van der Waals surface area contributed by atoms with Gasteiger partial charge >= 0.3 is 5.97 Å². The van der Waals surface area contributed by atoms with Crippen molar-refractivity contribution in [2.75, 3.05) is 7.11 Å². The molecule has 3 N–H and O–H groups in total. The summed E-state index contributed by atoms with van der Waals surface area (Å²) in [4.78, 5) is 51.7. The molecule has 42 heavy (non-hydrogen) atoms. The van der Waals surface area contributed by atoms with E-state index in [0.717, 1.165) is 0 Å². The highest BCUT2D eigenvalue weighted by Crippen LogP contribution is 2.52. The first-order chi connectivity index (χ1) is 19.8. The first kappa shape index (κ1) is 30.0. The quantitative estimate of drug-likeness (QED) is 0.215. The molecule has 0 bridgehead atoms. The van der Waals surface area contributed by atoms with E-state index in [9.17, 15) is 34.5 Å². The summed E-state index contributed by atoms with van der Waals surface area (Å²) in [6, 6.07) is 4.42. The Morgan fingerprint density at radius 2 is 1.81 bits per heavy atom. The number of phenols is 2. The number of esters is 1. The molecule has 2 aromatic carbocycles. The zero-order chi connectivity index (χ0) is 30.7. The van der Waals surface area contributed by atoms with Crippen LogP contribution in [0.25, 0.3) is 0 Å². The summed E-state index contributed by atoms with van der Waals surface area (Å²) in [6.07, 6.45) is -4.35. The van der Waals surface area contributed by atoms with E-state index in [1.807, 2.05) is 0 Å². The zero-order valence-electron chi connectivity index (χ0n) is 23.4. The van der Waals surface area contributed by atoms with Gasteiger partial charge in [0.25, 0.3) is 0 Å². The molecule has 1 heterocycles. The van der Waals surface area contributed by atoms with Gasteiger partial charge in [-0.25, -0.2) is 0 Å². The summed E-state index contributed by atoms with van der Waals surface area (Å²) in [6.45, 7) is 4.47. The smallest absolute Gasteiger partial charge is 0.305 e. The van der Waals surface area contributed by atoms with Gasteiger partial charge in [-0.15, -0.1) is 11.6 Å². The molecule has 3 aliphatic rings. The Bertz CT molecular complexity index is 1490. The number of carbonyl (C=O) groups excluding carboxylic acids is 4. The van der Waals surface area contributed by atoms with Crippen molar-refractivity contribution in [3.05, 3.63) is 51.6 Å². The molecule has 0 aromatic heterocycles. The van der Waals surface area contributed by atoms with Crippen LogP contribution in [0, 0.1) is 0 Å². The molecule has 0 amide bonds. The molecule has 0 saturated carbocycles. The summed E-state index contributed by atoms with van der Waals surface area (Å²) in [5.74, 6) is -3.70. The van der Waals surface area contributed by atoms with Crippen LogP contribution in [-0.4, -0.2) is 75.2 Å². The monoisotopic (exact) mass is 602 g/mol. The Kier molecular flexibility index (Phi) is 7.82. The van der Waals surface area contributed by atoms with Crippen LogP contribution in [0.4, 0.5) is 0 Å². The van der Waals surface area contributed by atoms with Gasteiger partial charge in [0.15, 0.2) is 17.9 Å². The van der Waals surface area contributed by atoms with Gasteiger partial charge in [0.05, 0.1) is 41.4 Å². The lowest BCUT2D eigenvalue weighted by Crippen LogP contribution is -2.49. The number of methoxy groups -OCH3 is 1. The molecule has 2 aromatic rings. The number of halogens is 1. The van der Waals surface area contributed by atoms with Crippen molar-refractivity contribution in [2.45, 2.75) is 82.0 Å². The van der Waals surface area contributed by atoms with Crippen LogP contribution < -0.4 is 4.74 Å².